The first kappa shape index (κ1) is 27.9. The minimum Gasteiger partial charge on any atom is -0.480 e. The van der Waals surface area contributed by atoms with Gasteiger partial charge in [-0.25, -0.2) is 8.42 Å². The molecule has 1 aliphatic heterocycles. The van der Waals surface area contributed by atoms with Gasteiger partial charge < -0.3 is 20.6 Å². The number of rotatable bonds is 9. The second-order valence-electron chi connectivity index (χ2n) is 10.0. The number of amidine groups is 1. The highest BCUT2D eigenvalue weighted by Gasteiger charge is 2.26. The predicted molar refractivity (Wildman–Crippen MR) is 162 cm³/mol. The quantitative estimate of drug-likeness (QED) is 0.204. The number of aromatic nitrogens is 1. The standard InChI is InChI=1S/C30H32N6O4S/c31-30(32)24-5-4-23-3-2-22(18-25(23)19-24)20-36(41(39,40)21-29(37)38)28-8-6-26(7-9-28)34-14-1-15-35(17-16-34)27-10-12-33-13-11-27/h2-13,18-19H,1,14-17,20-21H2,(H3,31,32)(H,37,38). The molecule has 0 aliphatic carbocycles. The molecule has 2 heterocycles. The van der Waals surface area contributed by atoms with Gasteiger partial charge in [-0.3, -0.25) is 19.5 Å². The topological polar surface area (TPSA) is 144 Å². The van der Waals surface area contributed by atoms with E-state index in [2.05, 4.69) is 14.8 Å². The van der Waals surface area contributed by atoms with E-state index < -0.39 is 21.7 Å². The Morgan fingerprint density at radius 2 is 1.51 bits per heavy atom. The van der Waals surface area contributed by atoms with E-state index in [-0.39, 0.29) is 12.4 Å². The Kier molecular flexibility index (Phi) is 8.06. The van der Waals surface area contributed by atoms with Crippen molar-refractivity contribution in [2.45, 2.75) is 13.0 Å². The van der Waals surface area contributed by atoms with Crippen LogP contribution in [-0.4, -0.2) is 62.2 Å². The molecule has 1 aliphatic rings. The Labute approximate surface area is 239 Å². The molecule has 0 saturated carbocycles. The summed E-state index contributed by atoms with van der Waals surface area (Å²) in [7, 11) is -4.17. The van der Waals surface area contributed by atoms with E-state index in [0.29, 0.717) is 16.8 Å². The first-order valence-electron chi connectivity index (χ1n) is 13.3. The van der Waals surface area contributed by atoms with Gasteiger partial charge in [-0.15, -0.1) is 0 Å². The Morgan fingerprint density at radius 1 is 0.878 bits per heavy atom. The number of nitrogens with zero attached hydrogens (tertiary/aromatic N) is 4. The summed E-state index contributed by atoms with van der Waals surface area (Å²) in [5.74, 6) is -2.49. The number of aliphatic carboxylic acids is 1. The molecular weight excluding hydrogens is 540 g/mol. The molecule has 0 bridgehead atoms. The van der Waals surface area contributed by atoms with E-state index in [4.69, 9.17) is 11.1 Å². The minimum absolute atomic E-state index is 0.0419. The molecule has 10 nitrogen and oxygen atoms in total. The van der Waals surface area contributed by atoms with Crippen LogP contribution in [-0.2, 0) is 21.4 Å². The zero-order valence-electron chi connectivity index (χ0n) is 22.5. The molecule has 4 aromatic rings. The molecule has 5 rings (SSSR count). The largest absolute Gasteiger partial charge is 0.480 e. The van der Waals surface area contributed by atoms with Gasteiger partial charge >= 0.3 is 5.97 Å². The summed E-state index contributed by atoms with van der Waals surface area (Å²) in [4.78, 5) is 20.2. The van der Waals surface area contributed by atoms with E-state index in [1.165, 1.54) is 0 Å². The van der Waals surface area contributed by atoms with Crippen LogP contribution in [0.2, 0.25) is 0 Å². The van der Waals surface area contributed by atoms with Crippen molar-refractivity contribution < 1.29 is 18.3 Å². The number of pyridine rings is 1. The van der Waals surface area contributed by atoms with Crippen LogP contribution in [0.3, 0.4) is 0 Å². The van der Waals surface area contributed by atoms with E-state index in [1.54, 1.807) is 36.7 Å². The number of hydrogen-bond donors (Lipinski definition) is 3. The van der Waals surface area contributed by atoms with Crippen molar-refractivity contribution >= 4 is 49.7 Å². The third-order valence-electron chi connectivity index (χ3n) is 7.21. The fourth-order valence-electron chi connectivity index (χ4n) is 5.13. The molecule has 0 atom stereocenters. The van der Waals surface area contributed by atoms with Gasteiger partial charge in [0.15, 0.2) is 5.75 Å². The highest BCUT2D eigenvalue weighted by Crippen LogP contribution is 2.28. The first-order valence-corrected chi connectivity index (χ1v) is 14.9. The average molecular weight is 573 g/mol. The smallest absolute Gasteiger partial charge is 0.320 e. The lowest BCUT2D eigenvalue weighted by atomic mass is 10.0. The molecule has 0 spiro atoms. The number of nitrogen functional groups attached to an aromatic ring is 1. The molecule has 3 aromatic carbocycles. The van der Waals surface area contributed by atoms with Crippen LogP contribution in [0.4, 0.5) is 17.1 Å². The Bertz CT molecular complexity index is 1660. The van der Waals surface area contributed by atoms with Crippen molar-refractivity contribution in [3.05, 3.63) is 96.3 Å². The molecular formula is C30H32N6O4S. The van der Waals surface area contributed by atoms with Crippen LogP contribution in [0.15, 0.2) is 85.2 Å². The Balaban J connectivity index is 1.39. The number of benzene rings is 3. The zero-order valence-corrected chi connectivity index (χ0v) is 23.3. The van der Waals surface area contributed by atoms with Crippen molar-refractivity contribution in [1.82, 2.24) is 4.98 Å². The highest BCUT2D eigenvalue weighted by molar-refractivity contribution is 7.93. The summed E-state index contributed by atoms with van der Waals surface area (Å²) in [5.41, 5.74) is 9.40. The first-order chi connectivity index (χ1) is 19.7. The van der Waals surface area contributed by atoms with Gasteiger partial charge in [0, 0.05) is 55.5 Å². The summed E-state index contributed by atoms with van der Waals surface area (Å²) in [6, 6.07) is 22.2. The highest BCUT2D eigenvalue weighted by atomic mass is 32.2. The summed E-state index contributed by atoms with van der Waals surface area (Å²) in [5, 5.41) is 18.8. The van der Waals surface area contributed by atoms with Gasteiger partial charge in [-0.2, -0.15) is 0 Å². The van der Waals surface area contributed by atoms with Crippen molar-refractivity contribution in [2.24, 2.45) is 5.73 Å². The monoisotopic (exact) mass is 572 g/mol. The van der Waals surface area contributed by atoms with Crippen molar-refractivity contribution in [3.8, 4) is 0 Å². The maximum absolute atomic E-state index is 13.2. The minimum atomic E-state index is -4.17. The summed E-state index contributed by atoms with van der Waals surface area (Å²) >= 11 is 0. The number of sulfonamides is 1. The van der Waals surface area contributed by atoms with Crippen LogP contribution in [0.25, 0.3) is 10.8 Å². The Hall–Kier alpha value is -4.64. The number of carboxylic acids is 1. The molecule has 0 radical (unpaired) electrons. The summed E-state index contributed by atoms with van der Waals surface area (Å²) < 4.78 is 27.6. The number of anilines is 3. The van der Waals surface area contributed by atoms with Gasteiger partial charge in [0.05, 0.1) is 12.2 Å². The SMILES string of the molecule is N=C(N)c1ccc2ccc(CN(c3ccc(N4CCCN(c5ccncc5)CC4)cc3)S(=O)(=O)CC(=O)O)cc2c1. The zero-order chi connectivity index (χ0) is 29.0. The van der Waals surface area contributed by atoms with Crippen molar-refractivity contribution in [1.29, 1.82) is 5.41 Å². The molecule has 1 fully saturated rings. The number of fused-ring (bicyclic) bond motifs is 1. The normalized spacial score (nSPS) is 14.0. The molecule has 212 valence electrons. The summed E-state index contributed by atoms with van der Waals surface area (Å²) in [6.07, 6.45) is 4.56. The fraction of sp³-hybridized carbons (Fsp3) is 0.233. The molecule has 4 N–H and O–H groups in total. The lowest BCUT2D eigenvalue weighted by molar-refractivity contribution is -0.134. The maximum atomic E-state index is 13.2. The van der Waals surface area contributed by atoms with Crippen LogP contribution in [0, 0.1) is 5.41 Å². The van der Waals surface area contributed by atoms with Gasteiger partial charge in [-0.1, -0.05) is 24.3 Å². The lowest BCUT2D eigenvalue weighted by Crippen LogP contribution is -2.35. The third kappa shape index (κ3) is 6.58. The van der Waals surface area contributed by atoms with Gasteiger partial charge in [-0.05, 0) is 71.3 Å². The fourth-order valence-corrected chi connectivity index (χ4v) is 6.39. The van der Waals surface area contributed by atoms with Gasteiger partial charge in [0.25, 0.3) is 0 Å². The number of carboxylic acid groups (broad SMARTS) is 1. The Morgan fingerprint density at radius 3 is 2.15 bits per heavy atom. The van der Waals surface area contributed by atoms with Gasteiger partial charge in [0.2, 0.25) is 10.0 Å². The van der Waals surface area contributed by atoms with E-state index in [9.17, 15) is 18.3 Å². The van der Waals surface area contributed by atoms with Crippen molar-refractivity contribution in [3.63, 3.8) is 0 Å². The van der Waals surface area contributed by atoms with Crippen LogP contribution in [0.1, 0.15) is 17.5 Å². The molecule has 1 saturated heterocycles. The number of nitrogens with two attached hydrogens (primary N) is 1. The number of nitrogens with one attached hydrogen (secondary N) is 1. The molecule has 11 heteroatoms. The van der Waals surface area contributed by atoms with E-state index >= 15 is 0 Å². The van der Waals surface area contributed by atoms with E-state index in [1.807, 2.05) is 48.5 Å². The lowest BCUT2D eigenvalue weighted by Gasteiger charge is -2.27. The molecule has 41 heavy (non-hydrogen) atoms. The molecule has 0 amide bonds. The average Bonchev–Trinajstić information content (AvgIpc) is 3.22. The molecule has 1 aromatic heterocycles. The number of carbonyl (C=O) groups is 1. The second-order valence-corrected chi connectivity index (χ2v) is 11.9. The van der Waals surface area contributed by atoms with E-state index in [0.717, 1.165) is 59.1 Å². The maximum Gasteiger partial charge on any atom is 0.320 e. The number of hydrogen-bond acceptors (Lipinski definition) is 7. The van der Waals surface area contributed by atoms with Crippen LogP contribution in [0.5, 0.6) is 0 Å². The van der Waals surface area contributed by atoms with Crippen LogP contribution < -0.4 is 19.8 Å². The van der Waals surface area contributed by atoms with Gasteiger partial charge in [0.1, 0.15) is 5.84 Å². The third-order valence-corrected chi connectivity index (χ3v) is 8.83. The second kappa shape index (κ2) is 11.8. The molecule has 0 unspecified atom stereocenters. The van der Waals surface area contributed by atoms with Crippen LogP contribution >= 0.6 is 0 Å². The summed E-state index contributed by atoms with van der Waals surface area (Å²) in [6.45, 7) is 3.40. The predicted octanol–water partition coefficient (Wildman–Crippen LogP) is 3.66. The van der Waals surface area contributed by atoms with Crippen molar-refractivity contribution in [2.75, 3.05) is 46.0 Å².